The third-order valence-corrected chi connectivity index (χ3v) is 1.88. The fourth-order valence-electron chi connectivity index (χ4n) is 1.02. The summed E-state index contributed by atoms with van der Waals surface area (Å²) in [5.41, 5.74) is -0.0351. The summed E-state index contributed by atoms with van der Waals surface area (Å²) in [7, 11) is 0. The summed E-state index contributed by atoms with van der Waals surface area (Å²) in [5, 5.41) is 16.6. The van der Waals surface area contributed by atoms with Gasteiger partial charge in [0.2, 0.25) is 0 Å². The second kappa shape index (κ2) is 5.53. The SMILES string of the molecule is C=C(CCC(=O)O)CC(C(=O)O)C(F)(F)F. The van der Waals surface area contributed by atoms with Gasteiger partial charge in [-0.15, -0.1) is 0 Å². The lowest BCUT2D eigenvalue weighted by Crippen LogP contribution is -2.30. The minimum Gasteiger partial charge on any atom is -0.481 e. The molecular weight excluding hydrogens is 229 g/mol. The molecule has 0 aliphatic heterocycles. The van der Waals surface area contributed by atoms with Gasteiger partial charge in [0.25, 0.3) is 0 Å². The Labute approximate surface area is 89.4 Å². The average molecular weight is 240 g/mol. The molecular formula is C9H11F3O4. The van der Waals surface area contributed by atoms with Crippen LogP contribution in [0.2, 0.25) is 0 Å². The Morgan fingerprint density at radius 1 is 1.19 bits per heavy atom. The molecule has 0 fully saturated rings. The van der Waals surface area contributed by atoms with Crippen molar-refractivity contribution in [3.63, 3.8) is 0 Å². The molecule has 7 heteroatoms. The summed E-state index contributed by atoms with van der Waals surface area (Å²) in [4.78, 5) is 20.5. The first kappa shape index (κ1) is 14.5. The fraction of sp³-hybridized carbons (Fsp3) is 0.556. The topological polar surface area (TPSA) is 74.6 Å². The highest BCUT2D eigenvalue weighted by atomic mass is 19.4. The number of carbonyl (C=O) groups is 2. The Morgan fingerprint density at radius 3 is 2.00 bits per heavy atom. The largest absolute Gasteiger partial charge is 0.481 e. The van der Waals surface area contributed by atoms with E-state index in [1.54, 1.807) is 0 Å². The molecule has 0 bridgehead atoms. The molecule has 0 amide bonds. The molecule has 0 spiro atoms. The van der Waals surface area contributed by atoms with Crippen molar-refractivity contribution in [3.8, 4) is 0 Å². The van der Waals surface area contributed by atoms with E-state index in [1.807, 2.05) is 0 Å². The fourth-order valence-corrected chi connectivity index (χ4v) is 1.02. The molecule has 0 saturated heterocycles. The van der Waals surface area contributed by atoms with Gasteiger partial charge in [0.1, 0.15) is 0 Å². The van der Waals surface area contributed by atoms with E-state index in [0.717, 1.165) is 0 Å². The van der Waals surface area contributed by atoms with Gasteiger partial charge in [-0.05, 0) is 12.8 Å². The second-order valence-electron chi connectivity index (χ2n) is 3.28. The lowest BCUT2D eigenvalue weighted by Gasteiger charge is -2.16. The maximum Gasteiger partial charge on any atom is 0.402 e. The van der Waals surface area contributed by atoms with E-state index in [4.69, 9.17) is 10.2 Å². The maximum absolute atomic E-state index is 12.2. The van der Waals surface area contributed by atoms with Gasteiger partial charge < -0.3 is 10.2 Å². The number of halogens is 3. The number of carboxylic acids is 2. The number of allylic oxidation sites excluding steroid dienone is 1. The van der Waals surface area contributed by atoms with E-state index in [2.05, 4.69) is 6.58 Å². The van der Waals surface area contributed by atoms with E-state index in [0.29, 0.717) is 0 Å². The van der Waals surface area contributed by atoms with Crippen molar-refractivity contribution in [1.82, 2.24) is 0 Å². The molecule has 0 radical (unpaired) electrons. The monoisotopic (exact) mass is 240 g/mol. The lowest BCUT2D eigenvalue weighted by molar-refractivity contribution is -0.193. The number of hydrogen-bond donors (Lipinski definition) is 2. The molecule has 1 unspecified atom stereocenters. The van der Waals surface area contributed by atoms with Crippen LogP contribution >= 0.6 is 0 Å². The number of alkyl halides is 3. The molecule has 0 rings (SSSR count). The quantitative estimate of drug-likeness (QED) is 0.697. The Balaban J connectivity index is 4.37. The zero-order valence-corrected chi connectivity index (χ0v) is 8.25. The van der Waals surface area contributed by atoms with Crippen LogP contribution in [0.5, 0.6) is 0 Å². The number of rotatable bonds is 6. The summed E-state index contributed by atoms with van der Waals surface area (Å²) in [6, 6.07) is 0. The molecule has 0 aromatic rings. The number of aliphatic carboxylic acids is 2. The molecule has 92 valence electrons. The third kappa shape index (κ3) is 5.38. The number of hydrogen-bond acceptors (Lipinski definition) is 2. The molecule has 0 aliphatic rings. The molecule has 0 aromatic carbocycles. The molecule has 2 N–H and O–H groups in total. The van der Waals surface area contributed by atoms with Crippen molar-refractivity contribution >= 4 is 11.9 Å². The van der Waals surface area contributed by atoms with Gasteiger partial charge in [0, 0.05) is 6.42 Å². The highest BCUT2D eigenvalue weighted by Crippen LogP contribution is 2.31. The zero-order valence-electron chi connectivity index (χ0n) is 8.25. The first-order valence-electron chi connectivity index (χ1n) is 4.32. The van der Waals surface area contributed by atoms with Crippen molar-refractivity contribution < 1.29 is 33.0 Å². The van der Waals surface area contributed by atoms with Crippen molar-refractivity contribution in [2.75, 3.05) is 0 Å². The Hall–Kier alpha value is -1.53. The molecule has 0 aliphatic carbocycles. The van der Waals surface area contributed by atoms with Crippen LogP contribution in [0.15, 0.2) is 12.2 Å². The van der Waals surface area contributed by atoms with Gasteiger partial charge in [0.05, 0.1) is 0 Å². The van der Waals surface area contributed by atoms with Crippen LogP contribution in [0, 0.1) is 5.92 Å². The minimum atomic E-state index is -4.85. The second-order valence-corrected chi connectivity index (χ2v) is 3.28. The predicted molar refractivity (Wildman–Crippen MR) is 47.8 cm³/mol. The Bertz CT molecular complexity index is 296. The third-order valence-electron chi connectivity index (χ3n) is 1.88. The van der Waals surface area contributed by atoms with Crippen LogP contribution in [0.25, 0.3) is 0 Å². The molecule has 0 heterocycles. The van der Waals surface area contributed by atoms with Crippen LogP contribution in [-0.4, -0.2) is 28.3 Å². The highest BCUT2D eigenvalue weighted by molar-refractivity contribution is 5.71. The van der Waals surface area contributed by atoms with E-state index in [1.165, 1.54) is 0 Å². The van der Waals surface area contributed by atoms with Crippen LogP contribution in [0.4, 0.5) is 13.2 Å². The van der Waals surface area contributed by atoms with Crippen molar-refractivity contribution in [2.24, 2.45) is 5.92 Å². The first-order valence-corrected chi connectivity index (χ1v) is 4.32. The highest BCUT2D eigenvalue weighted by Gasteiger charge is 2.44. The molecule has 16 heavy (non-hydrogen) atoms. The predicted octanol–water partition coefficient (Wildman–Crippen LogP) is 2.06. The van der Waals surface area contributed by atoms with E-state index in [-0.39, 0.29) is 18.4 Å². The standard InChI is InChI=1S/C9H11F3O4/c1-5(2-3-7(13)14)4-6(8(15)16)9(10,11)12/h6H,1-4H2,(H,13,14)(H,15,16). The van der Waals surface area contributed by atoms with Crippen molar-refractivity contribution in [2.45, 2.75) is 25.4 Å². The van der Waals surface area contributed by atoms with Gasteiger partial charge in [-0.1, -0.05) is 12.2 Å². The van der Waals surface area contributed by atoms with Gasteiger partial charge in [-0.25, -0.2) is 0 Å². The van der Waals surface area contributed by atoms with Gasteiger partial charge in [0.15, 0.2) is 5.92 Å². The van der Waals surface area contributed by atoms with E-state index < -0.39 is 30.5 Å². The van der Waals surface area contributed by atoms with Crippen LogP contribution in [-0.2, 0) is 9.59 Å². The summed E-state index contributed by atoms with van der Waals surface area (Å²) in [6.07, 6.45) is -6.15. The average Bonchev–Trinajstić information content (AvgIpc) is 2.08. The first-order chi connectivity index (χ1) is 7.14. The Kier molecular flexibility index (Phi) is 5.00. The van der Waals surface area contributed by atoms with Gasteiger partial charge in [-0.2, -0.15) is 13.2 Å². The zero-order chi connectivity index (χ0) is 12.9. The number of carboxylic acid groups (broad SMARTS) is 2. The van der Waals surface area contributed by atoms with E-state index in [9.17, 15) is 22.8 Å². The summed E-state index contributed by atoms with van der Waals surface area (Å²) >= 11 is 0. The molecule has 1 atom stereocenters. The van der Waals surface area contributed by atoms with Crippen LogP contribution in [0.3, 0.4) is 0 Å². The molecule has 0 saturated carbocycles. The molecule has 4 nitrogen and oxygen atoms in total. The van der Waals surface area contributed by atoms with Crippen LogP contribution in [0.1, 0.15) is 19.3 Å². The molecule has 0 aromatic heterocycles. The van der Waals surface area contributed by atoms with Crippen LogP contribution < -0.4 is 0 Å². The van der Waals surface area contributed by atoms with Crippen molar-refractivity contribution in [3.05, 3.63) is 12.2 Å². The maximum atomic E-state index is 12.2. The summed E-state index contributed by atoms with van der Waals surface area (Å²) in [6.45, 7) is 3.24. The summed E-state index contributed by atoms with van der Waals surface area (Å²) in [5.74, 6) is -5.67. The van der Waals surface area contributed by atoms with Gasteiger partial charge >= 0.3 is 18.1 Å². The van der Waals surface area contributed by atoms with Crippen molar-refractivity contribution in [1.29, 1.82) is 0 Å². The normalized spacial score (nSPS) is 13.2. The van der Waals surface area contributed by atoms with Gasteiger partial charge in [-0.3, -0.25) is 9.59 Å². The minimum absolute atomic E-state index is 0.0351. The lowest BCUT2D eigenvalue weighted by atomic mass is 9.97. The van der Waals surface area contributed by atoms with E-state index >= 15 is 0 Å². The smallest absolute Gasteiger partial charge is 0.402 e. The Morgan fingerprint density at radius 2 is 1.69 bits per heavy atom. The summed E-state index contributed by atoms with van der Waals surface area (Å²) < 4.78 is 36.6.